The van der Waals surface area contributed by atoms with Crippen LogP contribution in [0.1, 0.15) is 45.4 Å². The molecule has 106 valence electrons. The Bertz CT molecular complexity index is 224. The zero-order valence-electron chi connectivity index (χ0n) is 12.1. The minimum Gasteiger partial charge on any atom is -0.356 e. The molecule has 18 heavy (non-hydrogen) atoms. The van der Waals surface area contributed by atoms with E-state index in [4.69, 9.17) is 4.79 Å². The molecule has 1 saturated carbocycles. The number of carbonyl (C=O) groups is 2. The summed E-state index contributed by atoms with van der Waals surface area (Å²) >= 11 is 0. The van der Waals surface area contributed by atoms with Crippen molar-refractivity contribution in [3.63, 3.8) is 0 Å². The highest BCUT2D eigenvalue weighted by Crippen LogP contribution is 2.23. The molecule has 1 N–H and O–H groups in total. The minimum absolute atomic E-state index is 0.286. The van der Waals surface area contributed by atoms with Crippen molar-refractivity contribution in [2.24, 2.45) is 5.92 Å². The highest BCUT2D eigenvalue weighted by atomic mass is 16.1. The summed E-state index contributed by atoms with van der Waals surface area (Å²) < 4.78 is 0. The van der Waals surface area contributed by atoms with Crippen LogP contribution in [0.2, 0.25) is 0 Å². The van der Waals surface area contributed by atoms with Gasteiger partial charge in [0, 0.05) is 12.5 Å². The molecule has 0 unspecified atom stereocenters. The molecule has 0 bridgehead atoms. The molecule has 0 heterocycles. The first kappa shape index (κ1) is 17.1. The molecule has 1 fully saturated rings. The van der Waals surface area contributed by atoms with Crippen molar-refractivity contribution in [2.45, 2.75) is 45.4 Å². The lowest BCUT2D eigenvalue weighted by molar-refractivity contribution is -0.125. The molecule has 1 rings (SSSR count). The second-order valence-electron chi connectivity index (χ2n) is 5.02. The van der Waals surface area contributed by atoms with Crippen molar-refractivity contribution in [3.05, 3.63) is 0 Å². The molecule has 0 spiro atoms. The molecule has 0 saturated heterocycles. The average Bonchev–Trinajstić information content (AvgIpc) is 2.36. The van der Waals surface area contributed by atoms with Crippen molar-refractivity contribution in [1.29, 1.82) is 0 Å². The first-order chi connectivity index (χ1) is 8.61. The summed E-state index contributed by atoms with van der Waals surface area (Å²) in [6.45, 7) is 3.32. The van der Waals surface area contributed by atoms with Crippen LogP contribution < -0.4 is 5.32 Å². The lowest BCUT2D eigenvalue weighted by Gasteiger charge is -2.20. The van der Waals surface area contributed by atoms with Crippen molar-refractivity contribution < 1.29 is 9.59 Å². The van der Waals surface area contributed by atoms with Crippen LogP contribution in [0.5, 0.6) is 0 Å². The lowest BCUT2D eigenvalue weighted by Crippen LogP contribution is -2.33. The monoisotopic (exact) mass is 256 g/mol. The summed E-state index contributed by atoms with van der Waals surface area (Å²) in [5.74, 6) is 0.589. The molecular formula is C14H28N2O2. The summed E-state index contributed by atoms with van der Waals surface area (Å²) in [7, 11) is 4.12. The van der Waals surface area contributed by atoms with Crippen LogP contribution in [0.4, 0.5) is 0 Å². The number of nitrogens with one attached hydrogen (secondary N) is 1. The van der Waals surface area contributed by atoms with Gasteiger partial charge in [0.2, 0.25) is 5.91 Å². The van der Waals surface area contributed by atoms with E-state index in [-0.39, 0.29) is 5.91 Å². The maximum Gasteiger partial charge on any atom is 0.223 e. The van der Waals surface area contributed by atoms with Gasteiger partial charge in [-0.3, -0.25) is 4.79 Å². The van der Waals surface area contributed by atoms with Crippen LogP contribution >= 0.6 is 0 Å². The van der Waals surface area contributed by atoms with Gasteiger partial charge in [0.05, 0.1) is 0 Å². The maximum atomic E-state index is 11.7. The highest BCUT2D eigenvalue weighted by molar-refractivity contribution is 5.78. The second kappa shape index (κ2) is 11.2. The Morgan fingerprint density at radius 3 is 2.33 bits per heavy atom. The zero-order chi connectivity index (χ0) is 13.8. The third-order valence-corrected chi connectivity index (χ3v) is 3.06. The second-order valence-corrected chi connectivity index (χ2v) is 5.02. The summed E-state index contributed by atoms with van der Waals surface area (Å²) in [5.41, 5.74) is 0. The van der Waals surface area contributed by atoms with Crippen LogP contribution in [0.25, 0.3) is 0 Å². The third kappa shape index (κ3) is 9.16. The van der Waals surface area contributed by atoms with Crippen molar-refractivity contribution in [3.8, 4) is 0 Å². The van der Waals surface area contributed by atoms with Gasteiger partial charge in [0.25, 0.3) is 0 Å². The number of carbonyl (C=O) groups excluding carboxylic acids is 2. The molecular weight excluding hydrogens is 228 g/mol. The Kier molecular flexibility index (Phi) is 10.6. The Balaban J connectivity index is 0.000000873. The summed E-state index contributed by atoms with van der Waals surface area (Å²) in [6.07, 6.45) is 7.76. The Labute approximate surface area is 111 Å². The van der Waals surface area contributed by atoms with Gasteiger partial charge < -0.3 is 15.0 Å². The van der Waals surface area contributed by atoms with Crippen LogP contribution in [0.15, 0.2) is 0 Å². The summed E-state index contributed by atoms with van der Waals surface area (Å²) in [6, 6.07) is 0. The number of nitrogens with zero attached hydrogens (tertiary/aromatic N) is 1. The van der Waals surface area contributed by atoms with Gasteiger partial charge in [-0.15, -0.1) is 0 Å². The Morgan fingerprint density at radius 2 is 1.83 bits per heavy atom. The molecule has 0 atom stereocenters. The molecule has 0 radical (unpaired) electrons. The maximum absolute atomic E-state index is 11.7. The number of amides is 1. The normalized spacial score (nSPS) is 15.8. The van der Waals surface area contributed by atoms with Crippen molar-refractivity contribution >= 4 is 12.2 Å². The van der Waals surface area contributed by atoms with Gasteiger partial charge in [-0.05, 0) is 46.8 Å². The van der Waals surface area contributed by atoms with Crippen LogP contribution in [0.3, 0.4) is 0 Å². The number of rotatable bonds is 5. The molecule has 0 aromatic heterocycles. The number of aldehydes is 1. The van der Waals surface area contributed by atoms with Crippen LogP contribution in [-0.2, 0) is 9.59 Å². The average molecular weight is 256 g/mol. The summed E-state index contributed by atoms with van der Waals surface area (Å²) in [4.78, 5) is 22.7. The fourth-order valence-corrected chi connectivity index (χ4v) is 2.12. The van der Waals surface area contributed by atoms with Gasteiger partial charge >= 0.3 is 0 Å². The standard InChI is InChI=1S/C12H24N2O.C2H4O/c1-14(2)10-6-9-13-12(15)11-7-4-3-5-8-11;1-2-3/h11H,3-10H2,1-2H3,(H,13,15);2H,1H3. The fourth-order valence-electron chi connectivity index (χ4n) is 2.12. The predicted octanol–water partition coefficient (Wildman–Crippen LogP) is 1.84. The fraction of sp³-hybridized carbons (Fsp3) is 0.857. The van der Waals surface area contributed by atoms with Gasteiger partial charge in [0.1, 0.15) is 6.29 Å². The smallest absolute Gasteiger partial charge is 0.223 e. The van der Waals surface area contributed by atoms with Crippen molar-refractivity contribution in [2.75, 3.05) is 27.2 Å². The molecule has 0 aromatic carbocycles. The number of hydrogen-bond donors (Lipinski definition) is 1. The van der Waals surface area contributed by atoms with E-state index >= 15 is 0 Å². The van der Waals surface area contributed by atoms with Gasteiger partial charge in [-0.2, -0.15) is 0 Å². The van der Waals surface area contributed by atoms with Crippen LogP contribution in [-0.4, -0.2) is 44.3 Å². The van der Waals surface area contributed by atoms with E-state index in [1.807, 2.05) is 0 Å². The highest BCUT2D eigenvalue weighted by Gasteiger charge is 2.20. The lowest BCUT2D eigenvalue weighted by atomic mass is 9.89. The van der Waals surface area contributed by atoms with Gasteiger partial charge in [-0.1, -0.05) is 19.3 Å². The largest absolute Gasteiger partial charge is 0.356 e. The molecule has 1 amide bonds. The summed E-state index contributed by atoms with van der Waals surface area (Å²) in [5, 5.41) is 3.04. The molecule has 1 aliphatic rings. The van der Waals surface area contributed by atoms with Gasteiger partial charge in [0.15, 0.2) is 0 Å². The Hall–Kier alpha value is -0.900. The SMILES string of the molecule is CC=O.CN(C)CCCNC(=O)C1CCCCC1. The third-order valence-electron chi connectivity index (χ3n) is 3.06. The van der Waals surface area contributed by atoms with E-state index in [9.17, 15) is 4.79 Å². The van der Waals surface area contributed by atoms with E-state index in [0.717, 1.165) is 38.6 Å². The molecule has 1 aliphatic carbocycles. The van der Waals surface area contributed by atoms with Gasteiger partial charge in [-0.25, -0.2) is 0 Å². The first-order valence-corrected chi connectivity index (χ1v) is 6.94. The number of hydrogen-bond acceptors (Lipinski definition) is 3. The predicted molar refractivity (Wildman–Crippen MR) is 74.5 cm³/mol. The topological polar surface area (TPSA) is 49.4 Å². The zero-order valence-corrected chi connectivity index (χ0v) is 12.1. The van der Waals surface area contributed by atoms with E-state index < -0.39 is 0 Å². The van der Waals surface area contributed by atoms with E-state index in [1.54, 1.807) is 0 Å². The molecule has 0 aliphatic heterocycles. The molecule has 0 aromatic rings. The Morgan fingerprint density at radius 1 is 1.28 bits per heavy atom. The van der Waals surface area contributed by atoms with Crippen LogP contribution in [0, 0.1) is 5.92 Å². The van der Waals surface area contributed by atoms with E-state index in [0.29, 0.717) is 5.92 Å². The molecule has 4 nitrogen and oxygen atoms in total. The first-order valence-electron chi connectivity index (χ1n) is 6.94. The van der Waals surface area contributed by atoms with E-state index in [1.165, 1.54) is 26.2 Å². The van der Waals surface area contributed by atoms with Crippen molar-refractivity contribution in [1.82, 2.24) is 10.2 Å². The van der Waals surface area contributed by atoms with E-state index in [2.05, 4.69) is 24.3 Å². The quantitative estimate of drug-likeness (QED) is 0.603. The minimum atomic E-state index is 0.286. The molecule has 4 heteroatoms.